The van der Waals surface area contributed by atoms with E-state index in [1.54, 1.807) is 6.20 Å². The third kappa shape index (κ3) is 2.38. The summed E-state index contributed by atoms with van der Waals surface area (Å²) in [6.45, 7) is 6.26. The summed E-state index contributed by atoms with van der Waals surface area (Å²) in [6, 6.07) is 8.26. The summed E-state index contributed by atoms with van der Waals surface area (Å²) in [4.78, 5) is 8.55. The van der Waals surface area contributed by atoms with E-state index in [1.807, 2.05) is 6.07 Å². The Morgan fingerprint density at radius 2 is 1.83 bits per heavy atom. The molecular formula is C15H15N3. The molecule has 0 fully saturated rings. The quantitative estimate of drug-likeness (QED) is 0.806. The fourth-order valence-electron chi connectivity index (χ4n) is 2.28. The van der Waals surface area contributed by atoms with Crippen molar-refractivity contribution in [1.82, 2.24) is 9.97 Å². The van der Waals surface area contributed by atoms with Crippen LogP contribution in [0.2, 0.25) is 0 Å². The normalized spacial score (nSPS) is 10.1. The summed E-state index contributed by atoms with van der Waals surface area (Å²) in [5, 5.41) is 8.70. The molecule has 0 amide bonds. The molecule has 2 rings (SSSR count). The summed E-state index contributed by atoms with van der Waals surface area (Å²) in [7, 11) is 0. The van der Waals surface area contributed by atoms with Gasteiger partial charge in [0.2, 0.25) is 0 Å². The number of hydrogen-bond donors (Lipinski definition) is 0. The molecule has 0 atom stereocenters. The standard InChI is InChI=1S/C15H15N3/c1-10-8-11(2)15(12(3)9-10)13-5-7-17-14(18-13)4-6-16/h5,7-9H,4H2,1-3H3. The van der Waals surface area contributed by atoms with Gasteiger partial charge in [-0.05, 0) is 38.0 Å². The lowest BCUT2D eigenvalue weighted by Gasteiger charge is -2.11. The minimum absolute atomic E-state index is 0.248. The van der Waals surface area contributed by atoms with Gasteiger partial charge in [-0.15, -0.1) is 0 Å². The number of benzene rings is 1. The molecule has 0 aliphatic heterocycles. The highest BCUT2D eigenvalue weighted by molar-refractivity contribution is 5.67. The Balaban J connectivity index is 2.56. The number of rotatable bonds is 2. The van der Waals surface area contributed by atoms with E-state index >= 15 is 0 Å². The van der Waals surface area contributed by atoms with Crippen LogP contribution in [0, 0.1) is 32.1 Å². The van der Waals surface area contributed by atoms with Crippen LogP contribution in [0.25, 0.3) is 11.3 Å². The number of aromatic nitrogens is 2. The van der Waals surface area contributed by atoms with Crippen LogP contribution in [-0.2, 0) is 6.42 Å². The highest BCUT2D eigenvalue weighted by Crippen LogP contribution is 2.26. The molecule has 1 aromatic carbocycles. The van der Waals surface area contributed by atoms with Crippen LogP contribution in [0.4, 0.5) is 0 Å². The third-order valence-corrected chi connectivity index (χ3v) is 2.88. The Labute approximate surface area is 107 Å². The van der Waals surface area contributed by atoms with Gasteiger partial charge in [0, 0.05) is 11.8 Å². The molecule has 0 unspecified atom stereocenters. The van der Waals surface area contributed by atoms with Crippen LogP contribution in [0.1, 0.15) is 22.5 Å². The van der Waals surface area contributed by atoms with Crippen molar-refractivity contribution in [3.63, 3.8) is 0 Å². The van der Waals surface area contributed by atoms with Gasteiger partial charge in [-0.25, -0.2) is 9.97 Å². The van der Waals surface area contributed by atoms with Crippen molar-refractivity contribution in [2.75, 3.05) is 0 Å². The van der Waals surface area contributed by atoms with Crippen molar-refractivity contribution in [2.24, 2.45) is 0 Å². The van der Waals surface area contributed by atoms with Crippen molar-refractivity contribution in [3.05, 3.63) is 46.9 Å². The highest BCUT2D eigenvalue weighted by atomic mass is 14.9. The van der Waals surface area contributed by atoms with Crippen LogP contribution in [-0.4, -0.2) is 9.97 Å². The zero-order valence-corrected chi connectivity index (χ0v) is 10.9. The zero-order valence-electron chi connectivity index (χ0n) is 10.9. The maximum absolute atomic E-state index is 8.70. The molecule has 0 radical (unpaired) electrons. The zero-order chi connectivity index (χ0) is 13.1. The van der Waals surface area contributed by atoms with E-state index in [0.29, 0.717) is 5.82 Å². The van der Waals surface area contributed by atoms with E-state index in [9.17, 15) is 0 Å². The maximum Gasteiger partial charge on any atom is 0.142 e. The molecule has 18 heavy (non-hydrogen) atoms. The first-order chi connectivity index (χ1) is 8.61. The molecule has 1 aromatic heterocycles. The van der Waals surface area contributed by atoms with Crippen molar-refractivity contribution in [2.45, 2.75) is 27.2 Å². The molecule has 0 saturated heterocycles. The van der Waals surface area contributed by atoms with Crippen LogP contribution in [0.15, 0.2) is 24.4 Å². The lowest BCUT2D eigenvalue weighted by Crippen LogP contribution is -1.98. The van der Waals surface area contributed by atoms with Gasteiger partial charge >= 0.3 is 0 Å². The average molecular weight is 237 g/mol. The summed E-state index contributed by atoms with van der Waals surface area (Å²) in [5.74, 6) is 0.578. The third-order valence-electron chi connectivity index (χ3n) is 2.88. The van der Waals surface area contributed by atoms with Crippen molar-refractivity contribution < 1.29 is 0 Å². The van der Waals surface area contributed by atoms with E-state index in [1.165, 1.54) is 16.7 Å². The second-order valence-electron chi connectivity index (χ2n) is 4.47. The van der Waals surface area contributed by atoms with Crippen molar-refractivity contribution >= 4 is 0 Å². The largest absolute Gasteiger partial charge is 0.240 e. The average Bonchev–Trinajstić information content (AvgIpc) is 2.28. The van der Waals surface area contributed by atoms with Gasteiger partial charge in [-0.1, -0.05) is 17.7 Å². The molecule has 0 aliphatic carbocycles. The first-order valence-corrected chi connectivity index (χ1v) is 5.89. The van der Waals surface area contributed by atoms with Gasteiger partial charge in [0.25, 0.3) is 0 Å². The number of aryl methyl sites for hydroxylation is 3. The molecule has 90 valence electrons. The molecule has 0 saturated carbocycles. The minimum atomic E-state index is 0.248. The van der Waals surface area contributed by atoms with Crippen molar-refractivity contribution in [1.29, 1.82) is 5.26 Å². The molecule has 2 aromatic rings. The Morgan fingerprint density at radius 3 is 2.44 bits per heavy atom. The van der Waals surface area contributed by atoms with Crippen molar-refractivity contribution in [3.8, 4) is 17.3 Å². The molecule has 3 heteroatoms. The SMILES string of the molecule is Cc1cc(C)c(-c2ccnc(CC#N)n2)c(C)c1. The number of nitrogens with zero attached hydrogens (tertiary/aromatic N) is 3. The number of nitriles is 1. The second kappa shape index (κ2) is 4.97. The van der Waals surface area contributed by atoms with Gasteiger partial charge in [0.1, 0.15) is 5.82 Å². The first-order valence-electron chi connectivity index (χ1n) is 5.89. The lowest BCUT2D eigenvalue weighted by atomic mass is 9.97. The lowest BCUT2D eigenvalue weighted by molar-refractivity contribution is 0.997. The Kier molecular flexibility index (Phi) is 3.38. The summed E-state index contributed by atoms with van der Waals surface area (Å²) in [6.07, 6.45) is 1.96. The van der Waals surface area contributed by atoms with Gasteiger partial charge in [-0.2, -0.15) is 5.26 Å². The van der Waals surface area contributed by atoms with Gasteiger partial charge < -0.3 is 0 Å². The molecule has 0 aliphatic rings. The summed E-state index contributed by atoms with van der Waals surface area (Å²) in [5.41, 5.74) is 5.69. The molecule has 0 N–H and O–H groups in total. The maximum atomic E-state index is 8.70. The van der Waals surface area contributed by atoms with Gasteiger partial charge in [0.15, 0.2) is 0 Å². The summed E-state index contributed by atoms with van der Waals surface area (Å²) < 4.78 is 0. The van der Waals surface area contributed by atoms with Crippen LogP contribution < -0.4 is 0 Å². The Morgan fingerprint density at radius 1 is 1.17 bits per heavy atom. The molecule has 0 spiro atoms. The minimum Gasteiger partial charge on any atom is -0.240 e. The van der Waals surface area contributed by atoms with E-state index in [2.05, 4.69) is 48.9 Å². The second-order valence-corrected chi connectivity index (χ2v) is 4.47. The van der Waals surface area contributed by atoms with Crippen LogP contribution in [0.5, 0.6) is 0 Å². The summed E-state index contributed by atoms with van der Waals surface area (Å²) >= 11 is 0. The Bertz CT molecular complexity index is 601. The van der Waals surface area contributed by atoms with Crippen LogP contribution >= 0.6 is 0 Å². The van der Waals surface area contributed by atoms with E-state index < -0.39 is 0 Å². The smallest absolute Gasteiger partial charge is 0.142 e. The molecule has 3 nitrogen and oxygen atoms in total. The van der Waals surface area contributed by atoms with Gasteiger partial charge in [0.05, 0.1) is 18.2 Å². The molecule has 1 heterocycles. The predicted molar refractivity (Wildman–Crippen MR) is 71.0 cm³/mol. The van der Waals surface area contributed by atoms with E-state index in [0.717, 1.165) is 11.3 Å². The Hall–Kier alpha value is -2.21. The monoisotopic (exact) mass is 237 g/mol. The highest BCUT2D eigenvalue weighted by Gasteiger charge is 2.09. The van der Waals surface area contributed by atoms with Crippen LogP contribution in [0.3, 0.4) is 0 Å². The number of hydrogen-bond acceptors (Lipinski definition) is 3. The fraction of sp³-hybridized carbons (Fsp3) is 0.267. The van der Waals surface area contributed by atoms with E-state index in [-0.39, 0.29) is 6.42 Å². The van der Waals surface area contributed by atoms with Gasteiger partial charge in [-0.3, -0.25) is 0 Å². The predicted octanol–water partition coefficient (Wildman–Crippen LogP) is 3.13. The van der Waals surface area contributed by atoms with E-state index in [4.69, 9.17) is 5.26 Å². The molecule has 0 bridgehead atoms. The fourth-order valence-corrected chi connectivity index (χ4v) is 2.28. The first kappa shape index (κ1) is 12.3. The topological polar surface area (TPSA) is 49.6 Å². The molecular weight excluding hydrogens is 222 g/mol.